The van der Waals surface area contributed by atoms with E-state index >= 15 is 0 Å². The first-order valence-electron chi connectivity index (χ1n) is 8.29. The van der Waals surface area contributed by atoms with E-state index in [1.54, 1.807) is 19.1 Å². The van der Waals surface area contributed by atoms with E-state index < -0.39 is 23.3 Å². The van der Waals surface area contributed by atoms with Crippen molar-refractivity contribution in [2.24, 2.45) is 0 Å². The van der Waals surface area contributed by atoms with E-state index in [2.05, 4.69) is 18.5 Å². The molecule has 26 heavy (non-hydrogen) atoms. The summed E-state index contributed by atoms with van der Waals surface area (Å²) >= 11 is 0. The summed E-state index contributed by atoms with van der Waals surface area (Å²) in [5, 5.41) is 2.66. The molecule has 1 unspecified atom stereocenters. The number of imide groups is 1. The van der Waals surface area contributed by atoms with E-state index in [-0.39, 0.29) is 32.0 Å². The fraction of sp³-hybridized carbons (Fsp3) is 0.316. The molecule has 1 fully saturated rings. The van der Waals surface area contributed by atoms with Crippen molar-refractivity contribution in [1.29, 1.82) is 0 Å². The average molecular weight is 359 g/mol. The molecule has 1 aromatic rings. The number of hydrogen-bond donors (Lipinski definition) is 1. The molecule has 6 nitrogen and oxygen atoms in total. The van der Waals surface area contributed by atoms with Gasteiger partial charge < -0.3 is 10.2 Å². The van der Waals surface area contributed by atoms with Crippen LogP contribution in [0.15, 0.2) is 49.6 Å². The zero-order valence-electron chi connectivity index (χ0n) is 14.7. The highest BCUT2D eigenvalue weighted by Crippen LogP contribution is 2.32. The van der Waals surface area contributed by atoms with Gasteiger partial charge >= 0.3 is 6.03 Å². The van der Waals surface area contributed by atoms with Crippen LogP contribution in [0.4, 0.5) is 9.18 Å². The van der Waals surface area contributed by atoms with Crippen molar-refractivity contribution in [1.82, 2.24) is 15.1 Å². The maximum absolute atomic E-state index is 13.2. The zero-order chi connectivity index (χ0) is 19.3. The second-order valence-electron chi connectivity index (χ2n) is 5.96. The molecule has 1 atom stereocenters. The minimum atomic E-state index is -1.30. The van der Waals surface area contributed by atoms with Crippen LogP contribution in [0.5, 0.6) is 0 Å². The first-order valence-corrected chi connectivity index (χ1v) is 8.29. The molecule has 1 aliphatic rings. The summed E-state index contributed by atoms with van der Waals surface area (Å²) in [4.78, 5) is 40.1. The van der Waals surface area contributed by atoms with Crippen molar-refractivity contribution in [3.05, 3.63) is 61.0 Å². The normalized spacial score (nSPS) is 19.2. The van der Waals surface area contributed by atoms with Crippen molar-refractivity contribution in [2.75, 3.05) is 19.6 Å². The summed E-state index contributed by atoms with van der Waals surface area (Å²) in [5.41, 5.74) is -0.823. The fourth-order valence-electron chi connectivity index (χ4n) is 2.97. The van der Waals surface area contributed by atoms with Crippen molar-refractivity contribution >= 4 is 17.8 Å². The first kappa shape index (κ1) is 19.4. The van der Waals surface area contributed by atoms with Gasteiger partial charge in [0.1, 0.15) is 17.9 Å². The van der Waals surface area contributed by atoms with E-state index in [9.17, 15) is 18.8 Å². The van der Waals surface area contributed by atoms with E-state index in [0.29, 0.717) is 5.56 Å². The summed E-state index contributed by atoms with van der Waals surface area (Å²) in [5.74, 6) is -1.35. The number of carbonyl (C=O) groups is 3. The molecule has 1 saturated heterocycles. The lowest BCUT2D eigenvalue weighted by molar-refractivity contribution is -0.138. The molecule has 2 rings (SSSR count). The van der Waals surface area contributed by atoms with Gasteiger partial charge in [-0.1, -0.05) is 31.2 Å². The van der Waals surface area contributed by atoms with Gasteiger partial charge in [0.05, 0.1) is 0 Å². The number of nitrogens with one attached hydrogen (secondary N) is 1. The molecule has 7 heteroatoms. The number of rotatable bonds is 8. The Morgan fingerprint density at radius 2 is 1.81 bits per heavy atom. The van der Waals surface area contributed by atoms with E-state index in [1.165, 1.54) is 29.2 Å². The largest absolute Gasteiger partial charge is 0.334 e. The van der Waals surface area contributed by atoms with Crippen LogP contribution in [0.25, 0.3) is 0 Å². The molecule has 0 bridgehead atoms. The Kier molecular flexibility index (Phi) is 5.92. The number of benzene rings is 1. The van der Waals surface area contributed by atoms with Crippen LogP contribution in [0, 0.1) is 5.82 Å². The number of nitrogens with zero attached hydrogens (tertiary/aromatic N) is 2. The van der Waals surface area contributed by atoms with Crippen LogP contribution < -0.4 is 5.32 Å². The monoisotopic (exact) mass is 359 g/mol. The number of halogens is 1. The molecule has 0 aliphatic carbocycles. The average Bonchev–Trinajstić information content (AvgIpc) is 2.87. The maximum atomic E-state index is 13.2. The summed E-state index contributed by atoms with van der Waals surface area (Å²) < 4.78 is 13.2. The zero-order valence-corrected chi connectivity index (χ0v) is 14.7. The highest BCUT2D eigenvalue weighted by Gasteiger charge is 2.51. The Balaban J connectivity index is 2.26. The topological polar surface area (TPSA) is 69.7 Å². The molecule has 0 radical (unpaired) electrons. The van der Waals surface area contributed by atoms with Crippen molar-refractivity contribution in [3.63, 3.8) is 0 Å². The maximum Gasteiger partial charge on any atom is 0.325 e. The Morgan fingerprint density at radius 3 is 2.31 bits per heavy atom. The second kappa shape index (κ2) is 7.95. The van der Waals surface area contributed by atoms with Crippen molar-refractivity contribution in [2.45, 2.75) is 18.9 Å². The third kappa shape index (κ3) is 3.51. The van der Waals surface area contributed by atoms with Gasteiger partial charge in [-0.2, -0.15) is 0 Å². The minimum Gasteiger partial charge on any atom is -0.334 e. The Morgan fingerprint density at radius 1 is 1.23 bits per heavy atom. The highest BCUT2D eigenvalue weighted by molar-refractivity contribution is 6.09. The number of amides is 4. The molecule has 0 aromatic heterocycles. The van der Waals surface area contributed by atoms with Gasteiger partial charge in [-0.05, 0) is 24.1 Å². The Labute approximate surface area is 152 Å². The summed E-state index contributed by atoms with van der Waals surface area (Å²) in [6.07, 6.45) is 3.39. The molecule has 0 spiro atoms. The van der Waals surface area contributed by atoms with Crippen LogP contribution >= 0.6 is 0 Å². The SMILES string of the molecule is C=CCN(CC=C)C(=O)CN1C(=O)NC(CC)(c2ccc(F)cc2)C1=O. The Hall–Kier alpha value is -2.96. The van der Waals surface area contributed by atoms with Crippen LogP contribution in [0.3, 0.4) is 0 Å². The van der Waals surface area contributed by atoms with Gasteiger partial charge in [0.2, 0.25) is 5.91 Å². The van der Waals surface area contributed by atoms with Gasteiger partial charge in [0, 0.05) is 13.1 Å². The first-order chi connectivity index (χ1) is 12.4. The predicted molar refractivity (Wildman–Crippen MR) is 95.6 cm³/mol. The van der Waals surface area contributed by atoms with Crippen molar-refractivity contribution in [3.8, 4) is 0 Å². The van der Waals surface area contributed by atoms with Crippen LogP contribution in [-0.4, -0.2) is 47.3 Å². The van der Waals surface area contributed by atoms with E-state index in [1.807, 2.05) is 0 Å². The summed E-state index contributed by atoms with van der Waals surface area (Å²) in [6, 6.07) is 4.74. The molecular formula is C19H22FN3O3. The van der Waals surface area contributed by atoms with Crippen LogP contribution in [0.2, 0.25) is 0 Å². The minimum absolute atomic E-state index is 0.275. The molecule has 4 amide bonds. The van der Waals surface area contributed by atoms with Gasteiger partial charge in [-0.3, -0.25) is 14.5 Å². The summed E-state index contributed by atoms with van der Waals surface area (Å²) in [6.45, 7) is 9.11. The molecule has 1 N–H and O–H groups in total. The quantitative estimate of drug-likeness (QED) is 0.571. The third-order valence-electron chi connectivity index (χ3n) is 4.39. The molecule has 1 aliphatic heterocycles. The molecular weight excluding hydrogens is 337 g/mol. The molecule has 0 saturated carbocycles. The van der Waals surface area contributed by atoms with Crippen LogP contribution in [-0.2, 0) is 15.1 Å². The lowest BCUT2D eigenvalue weighted by Crippen LogP contribution is -2.45. The number of hydrogen-bond acceptors (Lipinski definition) is 3. The number of carbonyl (C=O) groups excluding carboxylic acids is 3. The van der Waals surface area contributed by atoms with E-state index in [4.69, 9.17) is 0 Å². The smallest absolute Gasteiger partial charge is 0.325 e. The van der Waals surface area contributed by atoms with Gasteiger partial charge in [0.15, 0.2) is 0 Å². The highest BCUT2D eigenvalue weighted by atomic mass is 19.1. The van der Waals surface area contributed by atoms with Crippen LogP contribution in [0.1, 0.15) is 18.9 Å². The second-order valence-corrected chi connectivity index (χ2v) is 5.96. The molecule has 1 aromatic carbocycles. The van der Waals surface area contributed by atoms with Gasteiger partial charge in [-0.15, -0.1) is 13.2 Å². The fourth-order valence-corrected chi connectivity index (χ4v) is 2.97. The standard InChI is InChI=1S/C19H22FN3O3/c1-4-11-22(12-5-2)16(24)13-23-17(25)19(6-3,21-18(23)26)14-7-9-15(20)10-8-14/h4-5,7-10H,1-2,6,11-13H2,3H3,(H,21,26). The van der Waals surface area contributed by atoms with E-state index in [0.717, 1.165) is 4.90 Å². The third-order valence-corrected chi connectivity index (χ3v) is 4.39. The molecule has 1 heterocycles. The lowest BCUT2D eigenvalue weighted by atomic mass is 9.87. The summed E-state index contributed by atoms with van der Waals surface area (Å²) in [7, 11) is 0. The number of urea groups is 1. The van der Waals surface area contributed by atoms with Gasteiger partial charge in [-0.25, -0.2) is 9.18 Å². The van der Waals surface area contributed by atoms with Gasteiger partial charge in [0.25, 0.3) is 5.91 Å². The lowest BCUT2D eigenvalue weighted by Gasteiger charge is -2.26. The van der Waals surface area contributed by atoms with Crippen molar-refractivity contribution < 1.29 is 18.8 Å². The Bertz CT molecular complexity index is 722. The molecule has 138 valence electrons. The predicted octanol–water partition coefficient (Wildman–Crippen LogP) is 2.18.